The van der Waals surface area contributed by atoms with E-state index in [9.17, 15) is 19.5 Å². The lowest BCUT2D eigenvalue weighted by atomic mass is 10.1. The number of quaternary nitrogens is 1. The van der Waals surface area contributed by atoms with Crippen molar-refractivity contribution in [2.24, 2.45) is 0 Å². The van der Waals surface area contributed by atoms with E-state index in [0.717, 1.165) is 109 Å². The van der Waals surface area contributed by atoms with Gasteiger partial charge in [0.05, 0.1) is 40.3 Å². The number of unbranched alkanes of at least 4 members (excludes halogenated alkanes) is 14. The third kappa shape index (κ3) is 42.7. The van der Waals surface area contributed by atoms with Gasteiger partial charge < -0.3 is 33.3 Å². The van der Waals surface area contributed by atoms with Gasteiger partial charge in [-0.05, 0) is 83.5 Å². The fourth-order valence-electron chi connectivity index (χ4n) is 5.85. The first-order valence-corrected chi connectivity index (χ1v) is 23.1. The molecule has 0 heterocycles. The molecule has 0 bridgehead atoms. The molecule has 9 heteroatoms. The minimum atomic E-state index is -1.63. The van der Waals surface area contributed by atoms with E-state index in [1.165, 1.54) is 25.7 Å². The molecule has 0 radical (unpaired) electrons. The quantitative estimate of drug-likeness (QED) is 0.0197. The second-order valence-corrected chi connectivity index (χ2v) is 16.3. The molecule has 0 rings (SSSR count). The van der Waals surface area contributed by atoms with Crippen molar-refractivity contribution in [3.63, 3.8) is 0 Å². The molecule has 0 saturated heterocycles. The number of hydrogen-bond donors (Lipinski definition) is 0. The Morgan fingerprint density at radius 1 is 0.525 bits per heavy atom. The van der Waals surface area contributed by atoms with Gasteiger partial charge in [0.15, 0.2) is 12.4 Å². The standard InChI is InChI=1S/C50H85NO8/c1-6-8-10-12-14-16-18-20-22-23-24-25-27-29-31-33-35-37-39-41-48(53)59-46(45-58-50(49(54)55)56-43-42-51(3,4)5)44-57-47(52)40-38-36-34-32-30-28-26-21-19-17-15-13-11-9-7-2/h8,10,14-17,20-22,24-26,46,50H,6-7,9,11-13,18-19,23,27-45H2,1-5H3/b10-8-,16-14-,17-15-,22-20-,25-24-,26-21-. The summed E-state index contributed by atoms with van der Waals surface area (Å²) in [6.07, 6.45) is 47.8. The van der Waals surface area contributed by atoms with Crippen molar-refractivity contribution in [3.8, 4) is 0 Å². The molecule has 0 amide bonds. The van der Waals surface area contributed by atoms with Gasteiger partial charge >= 0.3 is 11.9 Å². The molecule has 2 atom stereocenters. The van der Waals surface area contributed by atoms with Crippen molar-refractivity contribution in [1.29, 1.82) is 0 Å². The number of likely N-dealkylation sites (N-methyl/N-ethyl adjacent to an activating group) is 1. The molecule has 0 aliphatic carbocycles. The van der Waals surface area contributed by atoms with Crippen LogP contribution in [0.5, 0.6) is 0 Å². The van der Waals surface area contributed by atoms with Gasteiger partial charge in [-0.3, -0.25) is 9.59 Å². The van der Waals surface area contributed by atoms with E-state index in [1.54, 1.807) is 0 Å². The molecular weight excluding hydrogens is 743 g/mol. The SMILES string of the molecule is CC/C=C\C/C=C\C/C=C\C/C=C\CCCCCCCCC(=O)OC(COC(=O)CCCCCCC/C=C\C/C=C\CCCCC)COC(OCC[N+](C)(C)C)C(=O)[O-]. The van der Waals surface area contributed by atoms with Crippen LogP contribution in [0.3, 0.4) is 0 Å². The number of esters is 2. The van der Waals surface area contributed by atoms with Crippen molar-refractivity contribution < 1.29 is 42.9 Å². The molecule has 0 N–H and O–H groups in total. The maximum Gasteiger partial charge on any atom is 0.306 e. The Morgan fingerprint density at radius 3 is 1.44 bits per heavy atom. The van der Waals surface area contributed by atoms with Crippen LogP contribution in [-0.2, 0) is 33.3 Å². The Hall–Kier alpha value is -3.27. The average molecular weight is 828 g/mol. The third-order valence-electron chi connectivity index (χ3n) is 9.44. The molecule has 9 nitrogen and oxygen atoms in total. The highest BCUT2D eigenvalue weighted by Gasteiger charge is 2.21. The number of allylic oxidation sites excluding steroid dienone is 12. The van der Waals surface area contributed by atoms with E-state index < -0.39 is 24.3 Å². The number of hydrogen-bond acceptors (Lipinski definition) is 8. The highest BCUT2D eigenvalue weighted by molar-refractivity contribution is 5.70. The molecule has 0 aromatic heterocycles. The molecule has 338 valence electrons. The number of ether oxygens (including phenoxy) is 4. The molecule has 0 aromatic carbocycles. The van der Waals surface area contributed by atoms with Crippen molar-refractivity contribution in [2.75, 3.05) is 47.5 Å². The summed E-state index contributed by atoms with van der Waals surface area (Å²) in [4.78, 5) is 37.0. The smallest absolute Gasteiger partial charge is 0.306 e. The van der Waals surface area contributed by atoms with Crippen molar-refractivity contribution >= 4 is 17.9 Å². The molecule has 0 aliphatic heterocycles. The number of nitrogens with zero attached hydrogens (tertiary/aromatic N) is 1. The van der Waals surface area contributed by atoms with Crippen molar-refractivity contribution in [2.45, 2.75) is 180 Å². The molecular formula is C50H85NO8. The summed E-state index contributed by atoms with van der Waals surface area (Å²) >= 11 is 0. The van der Waals surface area contributed by atoms with Gasteiger partial charge in [0, 0.05) is 12.8 Å². The lowest BCUT2D eigenvalue weighted by molar-refractivity contribution is -0.870. The van der Waals surface area contributed by atoms with Gasteiger partial charge in [0.25, 0.3) is 0 Å². The van der Waals surface area contributed by atoms with Gasteiger partial charge in [-0.15, -0.1) is 0 Å². The first-order valence-electron chi connectivity index (χ1n) is 23.1. The average Bonchev–Trinajstić information content (AvgIpc) is 3.19. The first kappa shape index (κ1) is 55.7. The Balaban J connectivity index is 4.48. The molecule has 0 aliphatic rings. The normalized spacial score (nSPS) is 13.6. The van der Waals surface area contributed by atoms with Crippen LogP contribution in [-0.4, -0.2) is 82.3 Å². The molecule has 0 spiro atoms. The Kier molecular flexibility index (Phi) is 39.2. The zero-order chi connectivity index (χ0) is 43.5. The fourth-order valence-corrected chi connectivity index (χ4v) is 5.85. The summed E-state index contributed by atoms with van der Waals surface area (Å²) in [6.45, 7) is 4.55. The predicted octanol–water partition coefficient (Wildman–Crippen LogP) is 11.0. The maximum atomic E-state index is 12.8. The highest BCUT2D eigenvalue weighted by Crippen LogP contribution is 2.13. The lowest BCUT2D eigenvalue weighted by Crippen LogP contribution is -2.44. The second kappa shape index (κ2) is 41.5. The number of carboxylic acids is 1. The summed E-state index contributed by atoms with van der Waals surface area (Å²) in [6, 6.07) is 0. The number of carbonyl (C=O) groups excluding carboxylic acids is 3. The van der Waals surface area contributed by atoms with E-state index >= 15 is 0 Å². The van der Waals surface area contributed by atoms with Crippen LogP contribution in [0.2, 0.25) is 0 Å². The van der Waals surface area contributed by atoms with Crippen LogP contribution in [0.4, 0.5) is 0 Å². The van der Waals surface area contributed by atoms with Crippen LogP contribution < -0.4 is 5.11 Å². The van der Waals surface area contributed by atoms with Crippen LogP contribution in [0.15, 0.2) is 72.9 Å². The van der Waals surface area contributed by atoms with E-state index in [1.807, 2.05) is 21.1 Å². The molecule has 0 aromatic rings. The van der Waals surface area contributed by atoms with Gasteiger partial charge in [-0.2, -0.15) is 0 Å². The Labute approximate surface area is 360 Å². The van der Waals surface area contributed by atoms with Crippen LogP contribution in [0.25, 0.3) is 0 Å². The Bertz CT molecular complexity index is 1200. The summed E-state index contributed by atoms with van der Waals surface area (Å²) in [5, 5.41) is 11.7. The van der Waals surface area contributed by atoms with Crippen molar-refractivity contribution in [1.82, 2.24) is 0 Å². The minimum absolute atomic E-state index is 0.138. The van der Waals surface area contributed by atoms with Crippen molar-refractivity contribution in [3.05, 3.63) is 72.9 Å². The summed E-state index contributed by atoms with van der Waals surface area (Å²) < 4.78 is 22.5. The van der Waals surface area contributed by atoms with Gasteiger partial charge in [0.2, 0.25) is 0 Å². The lowest BCUT2D eigenvalue weighted by Gasteiger charge is -2.26. The first-order chi connectivity index (χ1) is 28.6. The number of carboxylic acid groups (broad SMARTS) is 1. The maximum absolute atomic E-state index is 12.8. The third-order valence-corrected chi connectivity index (χ3v) is 9.44. The summed E-state index contributed by atoms with van der Waals surface area (Å²) in [5.74, 6) is -2.33. The second-order valence-electron chi connectivity index (χ2n) is 16.3. The van der Waals surface area contributed by atoms with E-state index in [4.69, 9.17) is 18.9 Å². The van der Waals surface area contributed by atoms with Crippen LogP contribution in [0, 0.1) is 0 Å². The van der Waals surface area contributed by atoms with Crippen LogP contribution in [0.1, 0.15) is 168 Å². The fraction of sp³-hybridized carbons (Fsp3) is 0.700. The topological polar surface area (TPSA) is 111 Å². The molecule has 0 fully saturated rings. The monoisotopic (exact) mass is 828 g/mol. The minimum Gasteiger partial charge on any atom is -0.545 e. The zero-order valence-corrected chi connectivity index (χ0v) is 38.1. The largest absolute Gasteiger partial charge is 0.545 e. The van der Waals surface area contributed by atoms with Crippen LogP contribution >= 0.6 is 0 Å². The molecule has 2 unspecified atom stereocenters. The zero-order valence-electron chi connectivity index (χ0n) is 38.1. The Morgan fingerprint density at radius 2 is 0.966 bits per heavy atom. The molecule has 59 heavy (non-hydrogen) atoms. The highest BCUT2D eigenvalue weighted by atomic mass is 16.7. The van der Waals surface area contributed by atoms with E-state index in [0.29, 0.717) is 17.4 Å². The van der Waals surface area contributed by atoms with E-state index in [-0.39, 0.29) is 38.6 Å². The van der Waals surface area contributed by atoms with E-state index in [2.05, 4.69) is 86.8 Å². The number of rotatable bonds is 41. The van der Waals surface area contributed by atoms with Gasteiger partial charge in [-0.25, -0.2) is 0 Å². The number of carbonyl (C=O) groups is 3. The van der Waals surface area contributed by atoms with Gasteiger partial charge in [0.1, 0.15) is 13.2 Å². The van der Waals surface area contributed by atoms with Gasteiger partial charge in [-0.1, -0.05) is 145 Å². The number of aliphatic carboxylic acids is 1. The predicted molar refractivity (Wildman–Crippen MR) is 241 cm³/mol. The summed E-state index contributed by atoms with van der Waals surface area (Å²) in [5.41, 5.74) is 0. The summed E-state index contributed by atoms with van der Waals surface area (Å²) in [7, 11) is 5.89. The molecule has 0 saturated carbocycles.